The van der Waals surface area contributed by atoms with Crippen LogP contribution in [-0.2, 0) is 15.1 Å². The maximum Gasteiger partial charge on any atom is 0.242 e. The number of nitrogens with two attached hydrogens (primary N) is 1. The Morgan fingerprint density at radius 2 is 2.05 bits per heavy atom. The fourth-order valence-corrected chi connectivity index (χ4v) is 2.84. The van der Waals surface area contributed by atoms with Gasteiger partial charge in [0, 0.05) is 25.5 Å². The molecule has 0 saturated carbocycles. The summed E-state index contributed by atoms with van der Waals surface area (Å²) >= 11 is 0. The highest BCUT2D eigenvalue weighted by molar-refractivity contribution is 5.86. The molecular formula is C14H21N3O2. The van der Waals surface area contributed by atoms with Crippen molar-refractivity contribution < 1.29 is 9.53 Å². The maximum atomic E-state index is 12.2. The molecule has 0 bridgehead atoms. The summed E-state index contributed by atoms with van der Waals surface area (Å²) < 4.78 is 5.38. The smallest absolute Gasteiger partial charge is 0.242 e. The molecule has 1 amide bonds. The molecule has 1 atom stereocenters. The summed E-state index contributed by atoms with van der Waals surface area (Å²) in [6.45, 7) is 4.81. The second kappa shape index (κ2) is 6.12. The summed E-state index contributed by atoms with van der Waals surface area (Å²) in [7, 11) is 0. The molecule has 0 spiro atoms. The van der Waals surface area contributed by atoms with E-state index in [2.05, 4.69) is 16.8 Å². The number of carbonyl (C=O) groups excluding carboxylic acids is 1. The summed E-state index contributed by atoms with van der Waals surface area (Å²) in [4.78, 5) is 18.4. The Hall–Kier alpha value is -1.46. The first kappa shape index (κ1) is 14.0. The molecule has 1 unspecified atom stereocenters. The van der Waals surface area contributed by atoms with Crippen molar-refractivity contribution in [2.24, 2.45) is 5.73 Å². The lowest BCUT2D eigenvalue weighted by Crippen LogP contribution is -2.58. The Labute approximate surface area is 113 Å². The highest BCUT2D eigenvalue weighted by Gasteiger charge is 2.43. The summed E-state index contributed by atoms with van der Waals surface area (Å²) in [5.41, 5.74) is 5.97. The highest BCUT2D eigenvalue weighted by atomic mass is 16.5. The normalized spacial score (nSPS) is 19.8. The predicted octanol–water partition coefficient (Wildman–Crippen LogP) is 0.895. The minimum Gasteiger partial charge on any atom is -0.379 e. The van der Waals surface area contributed by atoms with Crippen molar-refractivity contribution in [3.05, 3.63) is 30.1 Å². The van der Waals surface area contributed by atoms with E-state index >= 15 is 0 Å². The van der Waals surface area contributed by atoms with Gasteiger partial charge in [-0.2, -0.15) is 0 Å². The first-order valence-corrected chi connectivity index (χ1v) is 6.75. The third-order valence-corrected chi connectivity index (χ3v) is 3.73. The van der Waals surface area contributed by atoms with E-state index in [4.69, 9.17) is 10.5 Å². The van der Waals surface area contributed by atoms with E-state index in [-0.39, 0.29) is 5.91 Å². The fourth-order valence-electron chi connectivity index (χ4n) is 2.84. The van der Waals surface area contributed by atoms with Crippen LogP contribution in [0.15, 0.2) is 24.5 Å². The number of aromatic nitrogens is 1. The van der Waals surface area contributed by atoms with Gasteiger partial charge in [0.25, 0.3) is 0 Å². The van der Waals surface area contributed by atoms with Crippen LogP contribution in [0.1, 0.15) is 25.3 Å². The molecule has 1 aliphatic rings. The van der Waals surface area contributed by atoms with Gasteiger partial charge in [-0.05, 0) is 24.1 Å². The zero-order chi connectivity index (χ0) is 13.7. The number of primary amides is 1. The van der Waals surface area contributed by atoms with E-state index in [0.29, 0.717) is 19.6 Å². The van der Waals surface area contributed by atoms with Gasteiger partial charge in [0.1, 0.15) is 5.54 Å². The van der Waals surface area contributed by atoms with Crippen LogP contribution in [-0.4, -0.2) is 42.1 Å². The third-order valence-electron chi connectivity index (χ3n) is 3.73. The maximum absolute atomic E-state index is 12.2. The molecule has 2 N–H and O–H groups in total. The van der Waals surface area contributed by atoms with E-state index in [1.165, 1.54) is 0 Å². The van der Waals surface area contributed by atoms with Gasteiger partial charge in [-0.15, -0.1) is 0 Å². The highest BCUT2D eigenvalue weighted by Crippen LogP contribution is 2.33. The van der Waals surface area contributed by atoms with Crippen LogP contribution in [0.4, 0.5) is 0 Å². The van der Waals surface area contributed by atoms with Gasteiger partial charge in [0.05, 0.1) is 13.2 Å². The van der Waals surface area contributed by atoms with E-state index in [1.807, 2.05) is 12.1 Å². The lowest BCUT2D eigenvalue weighted by Gasteiger charge is -2.43. The van der Waals surface area contributed by atoms with Gasteiger partial charge in [-0.1, -0.05) is 13.3 Å². The molecular weight excluding hydrogens is 242 g/mol. The quantitative estimate of drug-likeness (QED) is 0.857. The molecule has 0 aliphatic carbocycles. The minimum atomic E-state index is -0.735. The van der Waals surface area contributed by atoms with Crippen molar-refractivity contribution in [3.8, 4) is 0 Å². The molecule has 5 nitrogen and oxygen atoms in total. The number of hydrogen-bond donors (Lipinski definition) is 1. The predicted molar refractivity (Wildman–Crippen MR) is 72.4 cm³/mol. The molecule has 1 aliphatic heterocycles. The molecule has 1 aromatic heterocycles. The first-order chi connectivity index (χ1) is 9.21. The van der Waals surface area contributed by atoms with Crippen LogP contribution in [0.3, 0.4) is 0 Å². The van der Waals surface area contributed by atoms with Crippen molar-refractivity contribution in [2.45, 2.75) is 25.3 Å². The van der Waals surface area contributed by atoms with E-state index in [1.54, 1.807) is 12.4 Å². The van der Waals surface area contributed by atoms with Gasteiger partial charge < -0.3 is 10.5 Å². The number of nitrogens with zero attached hydrogens (tertiary/aromatic N) is 2. The van der Waals surface area contributed by atoms with Crippen molar-refractivity contribution in [1.29, 1.82) is 0 Å². The van der Waals surface area contributed by atoms with E-state index in [0.717, 1.165) is 25.1 Å². The van der Waals surface area contributed by atoms with Gasteiger partial charge >= 0.3 is 0 Å². The van der Waals surface area contributed by atoms with Crippen molar-refractivity contribution >= 4 is 5.91 Å². The number of carbonyl (C=O) groups is 1. The monoisotopic (exact) mass is 263 g/mol. The van der Waals surface area contributed by atoms with E-state index < -0.39 is 5.54 Å². The molecule has 104 valence electrons. The molecule has 2 rings (SSSR count). The molecule has 1 saturated heterocycles. The van der Waals surface area contributed by atoms with Crippen LogP contribution in [0.5, 0.6) is 0 Å². The number of amides is 1. The van der Waals surface area contributed by atoms with Crippen LogP contribution in [0.25, 0.3) is 0 Å². The molecule has 5 heteroatoms. The Morgan fingerprint density at radius 1 is 1.42 bits per heavy atom. The van der Waals surface area contributed by atoms with E-state index in [9.17, 15) is 4.79 Å². The average Bonchev–Trinajstić information content (AvgIpc) is 2.46. The van der Waals surface area contributed by atoms with Crippen molar-refractivity contribution in [1.82, 2.24) is 9.88 Å². The molecule has 19 heavy (non-hydrogen) atoms. The summed E-state index contributed by atoms with van der Waals surface area (Å²) in [5, 5.41) is 0. The van der Waals surface area contributed by atoms with Crippen LogP contribution in [0.2, 0.25) is 0 Å². The van der Waals surface area contributed by atoms with Gasteiger partial charge in [0.2, 0.25) is 5.91 Å². The second-order valence-corrected chi connectivity index (χ2v) is 4.81. The lowest BCUT2D eigenvalue weighted by atomic mass is 9.83. The topological polar surface area (TPSA) is 68.5 Å². The fraction of sp³-hybridized carbons (Fsp3) is 0.571. The summed E-state index contributed by atoms with van der Waals surface area (Å²) in [5.74, 6) is -0.289. The zero-order valence-electron chi connectivity index (χ0n) is 11.3. The van der Waals surface area contributed by atoms with Crippen molar-refractivity contribution in [2.75, 3.05) is 26.3 Å². The van der Waals surface area contributed by atoms with Crippen molar-refractivity contribution in [3.63, 3.8) is 0 Å². The zero-order valence-corrected chi connectivity index (χ0v) is 11.3. The van der Waals surface area contributed by atoms with Crippen LogP contribution >= 0.6 is 0 Å². The molecule has 0 aromatic carbocycles. The summed E-state index contributed by atoms with van der Waals surface area (Å²) in [6.07, 6.45) is 5.03. The molecule has 1 aromatic rings. The number of rotatable bonds is 5. The number of pyridine rings is 1. The van der Waals surface area contributed by atoms with Crippen LogP contribution < -0.4 is 5.73 Å². The standard InChI is InChI=1S/C14H21N3O2/c1-2-5-14(13(15)18,12-3-6-16-7-4-12)17-8-10-19-11-9-17/h3-4,6-7H,2,5,8-11H2,1H3,(H2,15,18). The SMILES string of the molecule is CCCC(C(N)=O)(c1ccncc1)N1CCOCC1. The minimum absolute atomic E-state index is 0.289. The van der Waals surface area contributed by atoms with Gasteiger partial charge in [0.15, 0.2) is 0 Å². The van der Waals surface area contributed by atoms with Crippen LogP contribution in [0, 0.1) is 0 Å². The summed E-state index contributed by atoms with van der Waals surface area (Å²) in [6, 6.07) is 3.77. The average molecular weight is 263 g/mol. The lowest BCUT2D eigenvalue weighted by molar-refractivity contribution is -0.135. The third kappa shape index (κ3) is 2.62. The Bertz CT molecular complexity index is 418. The number of hydrogen-bond acceptors (Lipinski definition) is 4. The largest absolute Gasteiger partial charge is 0.379 e. The Morgan fingerprint density at radius 3 is 2.58 bits per heavy atom. The first-order valence-electron chi connectivity index (χ1n) is 6.75. The molecule has 2 heterocycles. The number of ether oxygens (including phenoxy) is 1. The Balaban J connectivity index is 2.43. The van der Waals surface area contributed by atoms with Gasteiger partial charge in [-0.25, -0.2) is 0 Å². The number of morpholine rings is 1. The molecule has 0 radical (unpaired) electrons. The van der Waals surface area contributed by atoms with Gasteiger partial charge in [-0.3, -0.25) is 14.7 Å². The second-order valence-electron chi connectivity index (χ2n) is 4.81. The molecule has 1 fully saturated rings. The Kier molecular flexibility index (Phi) is 4.50.